The van der Waals surface area contributed by atoms with Crippen LogP contribution in [-0.4, -0.2) is 33.0 Å². The molecule has 0 saturated carbocycles. The first kappa shape index (κ1) is 15.6. The van der Waals surface area contributed by atoms with Crippen molar-refractivity contribution < 1.29 is 9.53 Å². The summed E-state index contributed by atoms with van der Waals surface area (Å²) in [5, 5.41) is 15.4. The number of H-pyrrole nitrogens is 1. The highest BCUT2D eigenvalue weighted by Crippen LogP contribution is 2.41. The SMILES string of the molecule is COc1ccc(-n2cccn2)c([C@H]2CC(=O)Nc3cc4[nH]ncc4cc32)c1. The fourth-order valence-electron chi connectivity index (χ4n) is 3.74. The molecule has 1 atom stereocenters. The number of hydrogen-bond acceptors (Lipinski definition) is 4. The highest BCUT2D eigenvalue weighted by Gasteiger charge is 2.29. The molecule has 1 aliphatic rings. The van der Waals surface area contributed by atoms with Gasteiger partial charge in [-0.25, -0.2) is 4.68 Å². The zero-order valence-corrected chi connectivity index (χ0v) is 14.6. The van der Waals surface area contributed by atoms with Crippen molar-refractivity contribution in [1.29, 1.82) is 0 Å². The predicted octanol–water partition coefficient (Wildman–Crippen LogP) is 3.23. The molecule has 0 fully saturated rings. The first-order chi connectivity index (χ1) is 13.2. The lowest BCUT2D eigenvalue weighted by Gasteiger charge is -2.28. The van der Waals surface area contributed by atoms with Gasteiger partial charge < -0.3 is 10.1 Å². The van der Waals surface area contributed by atoms with Crippen LogP contribution in [0.3, 0.4) is 0 Å². The lowest BCUT2D eigenvalue weighted by atomic mass is 9.83. The summed E-state index contributed by atoms with van der Waals surface area (Å²) in [7, 11) is 1.64. The normalized spacial score (nSPS) is 16.2. The molecule has 1 amide bonds. The first-order valence-electron chi connectivity index (χ1n) is 8.68. The molecule has 4 aromatic rings. The topological polar surface area (TPSA) is 84.8 Å². The predicted molar refractivity (Wildman–Crippen MR) is 101 cm³/mol. The van der Waals surface area contributed by atoms with Gasteiger partial charge in [0, 0.05) is 35.8 Å². The molecular weight excluding hydrogens is 342 g/mol. The van der Waals surface area contributed by atoms with E-state index < -0.39 is 0 Å². The second-order valence-corrected chi connectivity index (χ2v) is 6.58. The minimum Gasteiger partial charge on any atom is -0.497 e. The Morgan fingerprint density at radius 2 is 2.15 bits per heavy atom. The fourth-order valence-corrected chi connectivity index (χ4v) is 3.74. The third kappa shape index (κ3) is 2.55. The Morgan fingerprint density at radius 1 is 1.22 bits per heavy atom. The zero-order valence-electron chi connectivity index (χ0n) is 14.6. The van der Waals surface area contributed by atoms with Crippen LogP contribution in [0.25, 0.3) is 16.6 Å². The van der Waals surface area contributed by atoms with Crippen molar-refractivity contribution in [2.24, 2.45) is 0 Å². The quantitative estimate of drug-likeness (QED) is 0.588. The van der Waals surface area contributed by atoms with Gasteiger partial charge in [0.15, 0.2) is 0 Å². The third-order valence-corrected chi connectivity index (χ3v) is 5.01. The van der Waals surface area contributed by atoms with E-state index in [2.05, 4.69) is 26.7 Å². The number of anilines is 1. The van der Waals surface area contributed by atoms with Gasteiger partial charge in [-0.15, -0.1) is 0 Å². The van der Waals surface area contributed by atoms with Crippen molar-refractivity contribution in [3.05, 3.63) is 66.1 Å². The van der Waals surface area contributed by atoms with Crippen molar-refractivity contribution in [2.45, 2.75) is 12.3 Å². The number of nitrogens with zero attached hydrogens (tertiary/aromatic N) is 3. The highest BCUT2D eigenvalue weighted by molar-refractivity contribution is 5.98. The minimum atomic E-state index is -0.109. The van der Waals surface area contributed by atoms with Gasteiger partial charge in [0.2, 0.25) is 5.91 Å². The van der Waals surface area contributed by atoms with Crippen LogP contribution < -0.4 is 10.1 Å². The molecule has 2 aromatic heterocycles. The number of ether oxygens (including phenoxy) is 1. The maximum absolute atomic E-state index is 12.4. The number of aromatic nitrogens is 4. The number of carbonyl (C=O) groups excluding carboxylic acids is 1. The summed E-state index contributed by atoms with van der Waals surface area (Å²) in [5.41, 5.74) is 4.69. The van der Waals surface area contributed by atoms with E-state index in [4.69, 9.17) is 4.74 Å². The number of benzene rings is 2. The van der Waals surface area contributed by atoms with E-state index in [-0.39, 0.29) is 11.8 Å². The summed E-state index contributed by atoms with van der Waals surface area (Å²) in [5.74, 6) is 0.626. The third-order valence-electron chi connectivity index (χ3n) is 5.01. The monoisotopic (exact) mass is 359 g/mol. The van der Waals surface area contributed by atoms with E-state index in [0.29, 0.717) is 6.42 Å². The maximum atomic E-state index is 12.4. The van der Waals surface area contributed by atoms with Crippen LogP contribution >= 0.6 is 0 Å². The number of amides is 1. The van der Waals surface area contributed by atoms with E-state index in [9.17, 15) is 4.79 Å². The van der Waals surface area contributed by atoms with Gasteiger partial charge in [-0.2, -0.15) is 10.2 Å². The molecule has 0 unspecified atom stereocenters. The molecule has 5 rings (SSSR count). The Morgan fingerprint density at radius 3 is 2.96 bits per heavy atom. The molecule has 3 heterocycles. The van der Waals surface area contributed by atoms with Crippen LogP contribution in [0, 0.1) is 0 Å². The Labute approximate surface area is 155 Å². The lowest BCUT2D eigenvalue weighted by Crippen LogP contribution is -2.24. The van der Waals surface area contributed by atoms with Gasteiger partial charge in [-0.1, -0.05) is 0 Å². The maximum Gasteiger partial charge on any atom is 0.225 e. The number of carbonyl (C=O) groups is 1. The summed E-state index contributed by atoms with van der Waals surface area (Å²) in [6.07, 6.45) is 5.79. The van der Waals surface area contributed by atoms with Gasteiger partial charge in [0.25, 0.3) is 0 Å². The summed E-state index contributed by atoms with van der Waals surface area (Å²) in [6, 6.07) is 11.8. The van der Waals surface area contributed by atoms with Crippen LogP contribution in [-0.2, 0) is 4.79 Å². The minimum absolute atomic E-state index is 0.0133. The van der Waals surface area contributed by atoms with Crippen LogP contribution in [0.1, 0.15) is 23.5 Å². The largest absolute Gasteiger partial charge is 0.497 e. The first-order valence-corrected chi connectivity index (χ1v) is 8.68. The Kier molecular flexibility index (Phi) is 3.46. The van der Waals surface area contributed by atoms with Gasteiger partial charge in [0.05, 0.1) is 24.5 Å². The van der Waals surface area contributed by atoms with Crippen molar-refractivity contribution in [3.8, 4) is 11.4 Å². The Bertz CT molecular complexity index is 1150. The van der Waals surface area contributed by atoms with E-state index in [1.165, 1.54) is 0 Å². The summed E-state index contributed by atoms with van der Waals surface area (Å²) in [6.45, 7) is 0. The average molecular weight is 359 g/mol. The number of methoxy groups -OCH3 is 1. The molecule has 2 aromatic carbocycles. The molecule has 7 nitrogen and oxygen atoms in total. The van der Waals surface area contributed by atoms with Gasteiger partial charge in [-0.05, 0) is 47.5 Å². The molecule has 27 heavy (non-hydrogen) atoms. The second kappa shape index (κ2) is 5.98. The molecule has 0 aliphatic carbocycles. The van der Waals surface area contributed by atoms with E-state index in [1.807, 2.05) is 41.2 Å². The number of fused-ring (bicyclic) bond motifs is 2. The summed E-state index contributed by atoms with van der Waals surface area (Å²) in [4.78, 5) is 12.4. The van der Waals surface area contributed by atoms with Crippen LogP contribution in [0.2, 0.25) is 0 Å². The van der Waals surface area contributed by atoms with Crippen LogP contribution in [0.5, 0.6) is 5.75 Å². The summed E-state index contributed by atoms with van der Waals surface area (Å²) >= 11 is 0. The molecular formula is C20H17N5O2. The number of rotatable bonds is 3. The molecule has 7 heteroatoms. The zero-order chi connectivity index (χ0) is 18.4. The molecule has 0 saturated heterocycles. The molecule has 2 N–H and O–H groups in total. The molecule has 0 spiro atoms. The average Bonchev–Trinajstić information content (AvgIpc) is 3.36. The lowest BCUT2D eigenvalue weighted by molar-refractivity contribution is -0.116. The fraction of sp³-hybridized carbons (Fsp3) is 0.150. The molecule has 0 radical (unpaired) electrons. The van der Waals surface area contributed by atoms with Crippen LogP contribution in [0.15, 0.2) is 55.0 Å². The smallest absolute Gasteiger partial charge is 0.225 e. The molecule has 1 aliphatic heterocycles. The van der Waals surface area contributed by atoms with Crippen LogP contribution in [0.4, 0.5) is 5.69 Å². The summed E-state index contributed by atoms with van der Waals surface area (Å²) < 4.78 is 7.26. The second-order valence-electron chi connectivity index (χ2n) is 6.58. The van der Waals surface area contributed by atoms with Crippen molar-refractivity contribution in [2.75, 3.05) is 12.4 Å². The van der Waals surface area contributed by atoms with Crippen molar-refractivity contribution >= 4 is 22.5 Å². The van der Waals surface area contributed by atoms with Crippen molar-refractivity contribution in [3.63, 3.8) is 0 Å². The Hall–Kier alpha value is -3.61. The van der Waals surface area contributed by atoms with E-state index in [0.717, 1.165) is 39.2 Å². The van der Waals surface area contributed by atoms with Gasteiger partial charge >= 0.3 is 0 Å². The highest BCUT2D eigenvalue weighted by atomic mass is 16.5. The number of aromatic amines is 1. The van der Waals surface area contributed by atoms with E-state index >= 15 is 0 Å². The number of hydrogen-bond donors (Lipinski definition) is 2. The van der Waals surface area contributed by atoms with Crippen molar-refractivity contribution in [1.82, 2.24) is 20.0 Å². The standard InChI is InChI=1S/C20H17N5O2/c1-27-13-3-4-19(25-6-2-5-22-25)16(8-13)14-9-20(26)23-18-10-17-12(7-15(14)18)11-21-24-17/h2-8,10-11,14H,9H2,1H3,(H,21,24)(H,23,26)/t14-/m0/s1. The molecule has 134 valence electrons. The van der Waals surface area contributed by atoms with E-state index in [1.54, 1.807) is 19.5 Å². The molecule has 0 bridgehead atoms. The van der Waals surface area contributed by atoms with Gasteiger partial charge in [0.1, 0.15) is 5.75 Å². The Balaban J connectivity index is 1.74. The number of nitrogens with one attached hydrogen (secondary N) is 2. The van der Waals surface area contributed by atoms with Gasteiger partial charge in [-0.3, -0.25) is 9.89 Å².